The Kier molecular flexibility index (Phi) is 8.06. The molecule has 2 aromatic carbocycles. The zero-order valence-corrected chi connectivity index (χ0v) is 16.6. The average molecular weight is 330 g/mol. The molecular formula is C16H19KO3S. The summed E-state index contributed by atoms with van der Waals surface area (Å²) in [7, 11) is -4.37. The normalized spacial score (nSPS) is 11.3. The van der Waals surface area contributed by atoms with Gasteiger partial charge >= 0.3 is 51.4 Å². The molecule has 3 nitrogen and oxygen atoms in total. The number of hydrogen-bond donors (Lipinski definition) is 0. The van der Waals surface area contributed by atoms with Crippen molar-refractivity contribution < 1.29 is 64.4 Å². The van der Waals surface area contributed by atoms with Crippen molar-refractivity contribution in [2.75, 3.05) is 0 Å². The predicted octanol–water partition coefficient (Wildman–Crippen LogP) is 0.871. The van der Waals surface area contributed by atoms with Crippen LogP contribution in [0.25, 0.3) is 10.8 Å². The first kappa shape index (κ1) is 19.3. The summed E-state index contributed by atoms with van der Waals surface area (Å²) in [5, 5.41) is 1.77. The summed E-state index contributed by atoms with van der Waals surface area (Å²) in [6, 6.07) is 10.5. The third-order valence-electron chi connectivity index (χ3n) is 3.48. The van der Waals surface area contributed by atoms with E-state index in [2.05, 4.69) is 13.0 Å². The van der Waals surface area contributed by atoms with Gasteiger partial charge in [-0.15, -0.1) is 0 Å². The standard InChI is InChI=1S/C16H20O3S.K/c1-2-3-4-5-6-13-7-8-15-12-16(20(17,18)19)10-9-14(15)11-13;/h7-12H,2-6H2,1H3,(H,17,18,19);/q;+1/p-1. The molecule has 0 aromatic heterocycles. The molecule has 0 aliphatic rings. The van der Waals surface area contributed by atoms with Gasteiger partial charge in [-0.1, -0.05) is 50.5 Å². The van der Waals surface area contributed by atoms with Crippen LogP contribution >= 0.6 is 0 Å². The van der Waals surface area contributed by atoms with E-state index in [1.807, 2.05) is 12.1 Å². The molecule has 2 rings (SSSR count). The Labute approximate surface area is 169 Å². The molecule has 0 unspecified atom stereocenters. The zero-order chi connectivity index (χ0) is 14.6. The van der Waals surface area contributed by atoms with Crippen molar-refractivity contribution in [1.82, 2.24) is 0 Å². The van der Waals surface area contributed by atoms with Crippen LogP contribution in [0.1, 0.15) is 38.2 Å². The van der Waals surface area contributed by atoms with Crippen LogP contribution < -0.4 is 51.4 Å². The fourth-order valence-electron chi connectivity index (χ4n) is 2.34. The summed E-state index contributed by atoms with van der Waals surface area (Å²) in [5.41, 5.74) is 1.26. The summed E-state index contributed by atoms with van der Waals surface area (Å²) in [5.74, 6) is 0. The summed E-state index contributed by atoms with van der Waals surface area (Å²) in [4.78, 5) is -0.166. The average Bonchev–Trinajstić information content (AvgIpc) is 2.42. The molecule has 0 N–H and O–H groups in total. The van der Waals surface area contributed by atoms with Crippen molar-refractivity contribution in [3.05, 3.63) is 42.0 Å². The van der Waals surface area contributed by atoms with E-state index < -0.39 is 10.1 Å². The summed E-state index contributed by atoms with van der Waals surface area (Å²) in [6.45, 7) is 2.19. The van der Waals surface area contributed by atoms with E-state index in [1.54, 1.807) is 6.07 Å². The smallest absolute Gasteiger partial charge is 0.744 e. The molecule has 0 amide bonds. The molecule has 2 aromatic rings. The molecule has 0 saturated carbocycles. The molecule has 0 heterocycles. The van der Waals surface area contributed by atoms with Gasteiger partial charge in [0, 0.05) is 0 Å². The van der Waals surface area contributed by atoms with Gasteiger partial charge in [-0.2, -0.15) is 0 Å². The van der Waals surface area contributed by atoms with Gasteiger partial charge in [0.15, 0.2) is 0 Å². The maximum Gasteiger partial charge on any atom is 1.00 e. The van der Waals surface area contributed by atoms with Crippen LogP contribution in [-0.4, -0.2) is 13.0 Å². The van der Waals surface area contributed by atoms with Crippen molar-refractivity contribution in [3.63, 3.8) is 0 Å². The van der Waals surface area contributed by atoms with Gasteiger partial charge in [0.2, 0.25) is 0 Å². The first-order valence-electron chi connectivity index (χ1n) is 6.99. The first-order valence-corrected chi connectivity index (χ1v) is 8.40. The van der Waals surface area contributed by atoms with E-state index in [0.717, 1.165) is 17.2 Å². The van der Waals surface area contributed by atoms with E-state index in [0.29, 0.717) is 0 Å². The van der Waals surface area contributed by atoms with Gasteiger partial charge in [0.25, 0.3) is 0 Å². The minimum absolute atomic E-state index is 0. The molecule has 0 saturated heterocycles. The third kappa shape index (κ3) is 5.75. The monoisotopic (exact) mass is 330 g/mol. The molecule has 0 atom stereocenters. The van der Waals surface area contributed by atoms with Crippen molar-refractivity contribution >= 4 is 20.9 Å². The Balaban J connectivity index is 0.00000220. The molecule has 0 radical (unpaired) electrons. The maximum absolute atomic E-state index is 11.0. The second-order valence-electron chi connectivity index (χ2n) is 5.11. The van der Waals surface area contributed by atoms with Crippen LogP contribution in [0.4, 0.5) is 0 Å². The molecule has 108 valence electrons. The van der Waals surface area contributed by atoms with Crippen LogP contribution in [0.5, 0.6) is 0 Å². The zero-order valence-electron chi connectivity index (χ0n) is 12.6. The molecule has 0 aliphatic carbocycles. The van der Waals surface area contributed by atoms with Crippen LogP contribution in [0.3, 0.4) is 0 Å². The molecule has 21 heavy (non-hydrogen) atoms. The topological polar surface area (TPSA) is 57.2 Å². The molecule has 0 fully saturated rings. The van der Waals surface area contributed by atoms with E-state index in [-0.39, 0.29) is 56.3 Å². The van der Waals surface area contributed by atoms with Crippen molar-refractivity contribution in [1.29, 1.82) is 0 Å². The van der Waals surface area contributed by atoms with Crippen molar-refractivity contribution in [2.24, 2.45) is 0 Å². The summed E-state index contributed by atoms with van der Waals surface area (Å²) < 4.78 is 33.0. The van der Waals surface area contributed by atoms with Crippen LogP contribution in [0, 0.1) is 0 Å². The number of aryl methyl sites for hydroxylation is 1. The Hall–Kier alpha value is 0.246. The van der Waals surface area contributed by atoms with Gasteiger partial charge in [0.05, 0.1) is 4.90 Å². The Bertz CT molecular complexity index is 696. The Morgan fingerprint density at radius 2 is 1.62 bits per heavy atom. The van der Waals surface area contributed by atoms with E-state index in [9.17, 15) is 13.0 Å². The number of fused-ring (bicyclic) bond motifs is 1. The molecule has 5 heteroatoms. The van der Waals surface area contributed by atoms with Gasteiger partial charge < -0.3 is 4.55 Å². The second-order valence-corrected chi connectivity index (χ2v) is 6.49. The number of rotatable bonds is 6. The predicted molar refractivity (Wildman–Crippen MR) is 79.8 cm³/mol. The molecular weight excluding hydrogens is 311 g/mol. The fraction of sp³-hybridized carbons (Fsp3) is 0.375. The van der Waals surface area contributed by atoms with Gasteiger partial charge in [-0.05, 0) is 41.3 Å². The first-order chi connectivity index (χ1) is 9.50. The van der Waals surface area contributed by atoms with Crippen LogP contribution in [0.15, 0.2) is 41.3 Å². The second kappa shape index (κ2) is 8.77. The third-order valence-corrected chi connectivity index (χ3v) is 4.32. The summed E-state index contributed by atoms with van der Waals surface area (Å²) in [6.07, 6.45) is 5.94. The Morgan fingerprint density at radius 3 is 2.29 bits per heavy atom. The van der Waals surface area contributed by atoms with Crippen molar-refractivity contribution in [2.45, 2.75) is 43.9 Å². The van der Waals surface area contributed by atoms with E-state index >= 15 is 0 Å². The molecule has 0 bridgehead atoms. The molecule has 0 aliphatic heterocycles. The number of hydrogen-bond acceptors (Lipinski definition) is 3. The number of unbranched alkanes of at least 4 members (excludes halogenated alkanes) is 3. The maximum atomic E-state index is 11.0. The number of benzene rings is 2. The minimum atomic E-state index is -4.37. The largest absolute Gasteiger partial charge is 1.00 e. The van der Waals surface area contributed by atoms with Crippen LogP contribution in [0.2, 0.25) is 0 Å². The molecule has 0 spiro atoms. The quantitative estimate of drug-likeness (QED) is 0.449. The summed E-state index contributed by atoms with van der Waals surface area (Å²) >= 11 is 0. The van der Waals surface area contributed by atoms with E-state index in [4.69, 9.17) is 0 Å². The van der Waals surface area contributed by atoms with Gasteiger partial charge in [0.1, 0.15) is 10.1 Å². The minimum Gasteiger partial charge on any atom is -0.744 e. The fourth-order valence-corrected chi connectivity index (χ4v) is 2.85. The van der Waals surface area contributed by atoms with Gasteiger partial charge in [-0.25, -0.2) is 8.42 Å². The van der Waals surface area contributed by atoms with Crippen LogP contribution in [-0.2, 0) is 16.5 Å². The van der Waals surface area contributed by atoms with Crippen molar-refractivity contribution in [3.8, 4) is 0 Å². The van der Waals surface area contributed by atoms with E-state index in [1.165, 1.54) is 43.4 Å². The SMILES string of the molecule is CCCCCCc1ccc2cc(S(=O)(=O)[O-])ccc2c1.[K+]. The Morgan fingerprint density at radius 1 is 0.952 bits per heavy atom. The van der Waals surface area contributed by atoms with Gasteiger partial charge in [-0.3, -0.25) is 0 Å².